The van der Waals surface area contributed by atoms with Crippen LogP contribution in [-0.2, 0) is 0 Å². The normalized spacial score (nSPS) is 38.9. The summed E-state index contributed by atoms with van der Waals surface area (Å²) in [6.45, 7) is 2.41. The molecular weight excluding hydrogens is 212 g/mol. The average molecular weight is 223 g/mol. The van der Waals surface area contributed by atoms with Gasteiger partial charge >= 0.3 is 0 Å². The van der Waals surface area contributed by atoms with Crippen LogP contribution in [0.4, 0.5) is 0 Å². The number of alkyl halides is 1. The van der Waals surface area contributed by atoms with Crippen molar-refractivity contribution >= 4 is 27.7 Å². The Bertz CT molecular complexity index is 145. The summed E-state index contributed by atoms with van der Waals surface area (Å²) in [7, 11) is 0. The van der Waals surface area contributed by atoms with E-state index in [-0.39, 0.29) is 10.3 Å². The molecule has 1 nitrogen and oxygen atoms in total. The molecule has 1 aliphatic heterocycles. The Morgan fingerprint density at radius 3 is 2.90 bits per heavy atom. The van der Waals surface area contributed by atoms with Gasteiger partial charge in [0.2, 0.25) is 0 Å². The van der Waals surface area contributed by atoms with Crippen molar-refractivity contribution in [2.45, 2.75) is 17.0 Å². The third kappa shape index (κ3) is 1.77. The van der Waals surface area contributed by atoms with Crippen LogP contribution in [0.25, 0.3) is 0 Å². The number of aliphatic hydroxyl groups excluding tert-OH is 1. The summed E-state index contributed by atoms with van der Waals surface area (Å²) in [5, 5.41) is 10.8. The van der Waals surface area contributed by atoms with Crippen LogP contribution in [0.15, 0.2) is 11.5 Å². The fourth-order valence-electron chi connectivity index (χ4n) is 1.02. The molecule has 2 unspecified atom stereocenters. The maximum Gasteiger partial charge on any atom is 0.0784 e. The van der Waals surface area contributed by atoms with Crippen LogP contribution >= 0.6 is 27.7 Å². The molecule has 0 amide bonds. The SMILES string of the molecule is CC1(Br)SC=CC1CCO. The van der Waals surface area contributed by atoms with Crippen molar-refractivity contribution in [1.82, 2.24) is 0 Å². The van der Waals surface area contributed by atoms with Gasteiger partial charge in [-0.2, -0.15) is 0 Å². The Kier molecular flexibility index (Phi) is 2.83. The van der Waals surface area contributed by atoms with E-state index in [2.05, 4.69) is 34.3 Å². The van der Waals surface area contributed by atoms with Gasteiger partial charge in [-0.25, -0.2) is 0 Å². The van der Waals surface area contributed by atoms with Gasteiger partial charge in [-0.1, -0.05) is 22.0 Å². The van der Waals surface area contributed by atoms with Crippen LogP contribution in [0.3, 0.4) is 0 Å². The molecule has 0 aromatic heterocycles. The van der Waals surface area contributed by atoms with E-state index in [4.69, 9.17) is 5.11 Å². The molecule has 0 bridgehead atoms. The Morgan fingerprint density at radius 2 is 2.50 bits per heavy atom. The van der Waals surface area contributed by atoms with E-state index in [1.165, 1.54) is 0 Å². The minimum Gasteiger partial charge on any atom is -0.396 e. The monoisotopic (exact) mass is 222 g/mol. The highest BCUT2D eigenvalue weighted by Crippen LogP contribution is 2.46. The molecule has 10 heavy (non-hydrogen) atoms. The standard InChI is InChI=1S/C7H11BrOS/c1-7(8)6(2-4-9)3-5-10-7/h3,5-6,9H,2,4H2,1H3. The summed E-state index contributed by atoms with van der Waals surface area (Å²) >= 11 is 5.37. The van der Waals surface area contributed by atoms with Gasteiger partial charge in [0, 0.05) is 12.5 Å². The summed E-state index contributed by atoms with van der Waals surface area (Å²) in [5.41, 5.74) is 0. The lowest BCUT2D eigenvalue weighted by Crippen LogP contribution is -2.19. The molecule has 1 aliphatic rings. The van der Waals surface area contributed by atoms with Gasteiger partial charge in [-0.05, 0) is 18.8 Å². The van der Waals surface area contributed by atoms with Crippen molar-refractivity contribution in [3.8, 4) is 0 Å². The number of aliphatic hydroxyl groups is 1. The van der Waals surface area contributed by atoms with E-state index in [0.29, 0.717) is 5.92 Å². The molecule has 0 aromatic carbocycles. The minimum atomic E-state index is 0.121. The highest BCUT2D eigenvalue weighted by molar-refractivity contribution is 9.12. The van der Waals surface area contributed by atoms with Crippen LogP contribution in [0.5, 0.6) is 0 Å². The second kappa shape index (κ2) is 3.28. The summed E-state index contributed by atoms with van der Waals surface area (Å²) in [4.78, 5) is 0. The first-order valence-electron chi connectivity index (χ1n) is 3.31. The zero-order valence-corrected chi connectivity index (χ0v) is 8.28. The number of allylic oxidation sites excluding steroid dienone is 1. The van der Waals surface area contributed by atoms with Gasteiger partial charge in [-0.15, -0.1) is 11.8 Å². The molecule has 0 saturated carbocycles. The summed E-state index contributed by atoms with van der Waals surface area (Å²) in [5.74, 6) is 0.475. The Labute approximate surface area is 74.0 Å². The number of halogens is 1. The van der Waals surface area contributed by atoms with Gasteiger partial charge in [0.1, 0.15) is 0 Å². The van der Waals surface area contributed by atoms with Crippen LogP contribution in [0, 0.1) is 5.92 Å². The fraction of sp³-hybridized carbons (Fsp3) is 0.714. The molecule has 0 spiro atoms. The zero-order valence-electron chi connectivity index (χ0n) is 5.88. The number of hydrogen-bond donors (Lipinski definition) is 1. The molecule has 0 aromatic rings. The molecule has 2 atom stereocenters. The van der Waals surface area contributed by atoms with Crippen molar-refractivity contribution < 1.29 is 5.11 Å². The summed E-state index contributed by atoms with van der Waals surface area (Å²) < 4.78 is 0.121. The Hall–Kier alpha value is 0.530. The van der Waals surface area contributed by atoms with Gasteiger partial charge in [0.15, 0.2) is 0 Å². The molecule has 0 radical (unpaired) electrons. The smallest absolute Gasteiger partial charge is 0.0784 e. The third-order valence-electron chi connectivity index (χ3n) is 1.71. The molecule has 0 aliphatic carbocycles. The maximum atomic E-state index is 8.69. The van der Waals surface area contributed by atoms with Crippen molar-refractivity contribution in [3.63, 3.8) is 0 Å². The highest BCUT2D eigenvalue weighted by Gasteiger charge is 2.32. The predicted octanol–water partition coefficient (Wildman–Crippen LogP) is 2.36. The van der Waals surface area contributed by atoms with Crippen molar-refractivity contribution in [2.24, 2.45) is 5.92 Å². The molecule has 0 saturated heterocycles. The van der Waals surface area contributed by atoms with Gasteiger partial charge in [-0.3, -0.25) is 0 Å². The quantitative estimate of drug-likeness (QED) is 0.725. The third-order valence-corrected chi connectivity index (χ3v) is 3.92. The molecular formula is C7H11BrOS. The number of rotatable bonds is 2. The molecule has 1 heterocycles. The van der Waals surface area contributed by atoms with Gasteiger partial charge in [0.25, 0.3) is 0 Å². The fourth-order valence-corrected chi connectivity index (χ4v) is 2.63. The topological polar surface area (TPSA) is 20.2 Å². The van der Waals surface area contributed by atoms with Gasteiger partial charge in [0.05, 0.1) is 3.66 Å². The second-order valence-electron chi connectivity index (χ2n) is 2.55. The lowest BCUT2D eigenvalue weighted by Gasteiger charge is -2.22. The molecule has 58 valence electrons. The summed E-state index contributed by atoms with van der Waals surface area (Å²) in [6.07, 6.45) is 3.00. The number of hydrogen-bond acceptors (Lipinski definition) is 2. The molecule has 1 rings (SSSR count). The van der Waals surface area contributed by atoms with Crippen LogP contribution in [0.1, 0.15) is 13.3 Å². The Balaban J connectivity index is 2.50. The predicted molar refractivity (Wildman–Crippen MR) is 49.3 cm³/mol. The Morgan fingerprint density at radius 1 is 1.80 bits per heavy atom. The van der Waals surface area contributed by atoms with E-state index in [9.17, 15) is 0 Å². The van der Waals surface area contributed by atoms with E-state index in [1.807, 2.05) is 0 Å². The zero-order chi connectivity index (χ0) is 7.61. The lowest BCUT2D eigenvalue weighted by molar-refractivity contribution is 0.268. The van der Waals surface area contributed by atoms with Crippen molar-refractivity contribution in [1.29, 1.82) is 0 Å². The van der Waals surface area contributed by atoms with Crippen LogP contribution in [-0.4, -0.2) is 15.4 Å². The highest BCUT2D eigenvalue weighted by atomic mass is 79.9. The first-order valence-corrected chi connectivity index (χ1v) is 4.98. The first kappa shape index (κ1) is 8.62. The van der Waals surface area contributed by atoms with Crippen LogP contribution < -0.4 is 0 Å². The maximum absolute atomic E-state index is 8.69. The molecule has 1 N–H and O–H groups in total. The molecule has 0 fully saturated rings. The van der Waals surface area contributed by atoms with Gasteiger partial charge < -0.3 is 5.11 Å². The second-order valence-corrected chi connectivity index (χ2v) is 6.08. The first-order chi connectivity index (χ1) is 4.67. The van der Waals surface area contributed by atoms with E-state index < -0.39 is 0 Å². The van der Waals surface area contributed by atoms with E-state index >= 15 is 0 Å². The average Bonchev–Trinajstić information content (AvgIpc) is 2.13. The largest absolute Gasteiger partial charge is 0.396 e. The molecule has 3 heteroatoms. The van der Waals surface area contributed by atoms with Crippen molar-refractivity contribution in [2.75, 3.05) is 6.61 Å². The number of thioether (sulfide) groups is 1. The van der Waals surface area contributed by atoms with E-state index in [0.717, 1.165) is 6.42 Å². The lowest BCUT2D eigenvalue weighted by atomic mass is 10.0. The minimum absolute atomic E-state index is 0.121. The van der Waals surface area contributed by atoms with Crippen LogP contribution in [0.2, 0.25) is 0 Å². The summed E-state index contributed by atoms with van der Waals surface area (Å²) in [6, 6.07) is 0. The van der Waals surface area contributed by atoms with E-state index in [1.54, 1.807) is 11.8 Å². The van der Waals surface area contributed by atoms with Crippen molar-refractivity contribution in [3.05, 3.63) is 11.5 Å².